The lowest BCUT2D eigenvalue weighted by atomic mass is 9.94. The summed E-state index contributed by atoms with van der Waals surface area (Å²) in [5.74, 6) is -0.870. The van der Waals surface area contributed by atoms with Crippen LogP contribution in [0.4, 0.5) is 0 Å². The van der Waals surface area contributed by atoms with Crippen molar-refractivity contribution in [2.45, 2.75) is 25.3 Å². The van der Waals surface area contributed by atoms with Gasteiger partial charge in [-0.3, -0.25) is 9.78 Å². The van der Waals surface area contributed by atoms with Crippen molar-refractivity contribution in [2.75, 3.05) is 6.54 Å². The second-order valence-electron chi connectivity index (χ2n) is 6.34. The molecule has 4 rings (SSSR count). The number of rotatable bonds is 2. The number of nitrogens with zero attached hydrogens (tertiary/aromatic N) is 3. The number of likely N-dealkylation sites (tertiary alicyclic amines) is 1. The molecule has 2 aliphatic rings. The standard InChI is InChI=1S/C17H17N3O3/c21-16(14-8-18-12-6-1-2-7-13(12)19-14)20-9-10-4-3-5-11(10)15(20)17(22)23/h1-2,6-8,10-11,15H,3-5,9H2,(H,22,23). The number of carboxylic acids is 1. The fourth-order valence-corrected chi connectivity index (χ4v) is 4.04. The minimum absolute atomic E-state index is 0.0739. The third-order valence-corrected chi connectivity index (χ3v) is 5.07. The molecule has 2 fully saturated rings. The minimum atomic E-state index is -0.915. The first-order chi connectivity index (χ1) is 11.1. The summed E-state index contributed by atoms with van der Waals surface area (Å²) in [4.78, 5) is 34.6. The van der Waals surface area contributed by atoms with Crippen LogP contribution < -0.4 is 0 Å². The Balaban J connectivity index is 1.68. The average molecular weight is 311 g/mol. The molecule has 1 amide bonds. The number of fused-ring (bicyclic) bond motifs is 2. The maximum Gasteiger partial charge on any atom is 0.326 e. The predicted molar refractivity (Wildman–Crippen MR) is 82.8 cm³/mol. The first-order valence-corrected chi connectivity index (χ1v) is 7.91. The number of hydrogen-bond acceptors (Lipinski definition) is 4. The van der Waals surface area contributed by atoms with Gasteiger partial charge in [-0.15, -0.1) is 0 Å². The van der Waals surface area contributed by atoms with Crippen LogP contribution in [0.25, 0.3) is 11.0 Å². The summed E-state index contributed by atoms with van der Waals surface area (Å²) in [5, 5.41) is 9.57. The molecule has 1 aromatic carbocycles. The molecule has 1 saturated heterocycles. The maximum atomic E-state index is 12.8. The highest BCUT2D eigenvalue weighted by Crippen LogP contribution is 2.42. The molecule has 0 radical (unpaired) electrons. The van der Waals surface area contributed by atoms with Gasteiger partial charge in [-0.2, -0.15) is 0 Å². The van der Waals surface area contributed by atoms with Gasteiger partial charge >= 0.3 is 5.97 Å². The summed E-state index contributed by atoms with van der Waals surface area (Å²) < 4.78 is 0. The average Bonchev–Trinajstić information content (AvgIpc) is 3.13. The van der Waals surface area contributed by atoms with Crippen LogP contribution in [0.15, 0.2) is 30.5 Å². The lowest BCUT2D eigenvalue weighted by molar-refractivity contribution is -0.142. The van der Waals surface area contributed by atoms with E-state index in [0.29, 0.717) is 18.0 Å². The van der Waals surface area contributed by atoms with Crippen LogP contribution in [-0.4, -0.2) is 44.4 Å². The molecular weight excluding hydrogens is 294 g/mol. The first-order valence-electron chi connectivity index (χ1n) is 7.91. The summed E-state index contributed by atoms with van der Waals surface area (Å²) in [6.07, 6.45) is 4.38. The topological polar surface area (TPSA) is 83.4 Å². The number of benzene rings is 1. The zero-order chi connectivity index (χ0) is 16.0. The van der Waals surface area contributed by atoms with Crippen molar-refractivity contribution < 1.29 is 14.7 Å². The summed E-state index contributed by atoms with van der Waals surface area (Å²) in [7, 11) is 0. The molecule has 3 unspecified atom stereocenters. The molecule has 0 spiro atoms. The van der Waals surface area contributed by atoms with E-state index in [1.807, 2.05) is 18.2 Å². The van der Waals surface area contributed by atoms with E-state index in [9.17, 15) is 14.7 Å². The lowest BCUT2D eigenvalue weighted by Crippen LogP contribution is -2.43. The molecular formula is C17H17N3O3. The zero-order valence-corrected chi connectivity index (χ0v) is 12.6. The van der Waals surface area contributed by atoms with Crippen LogP contribution in [0.3, 0.4) is 0 Å². The van der Waals surface area contributed by atoms with Gasteiger partial charge in [0.2, 0.25) is 0 Å². The second-order valence-corrected chi connectivity index (χ2v) is 6.34. The summed E-state index contributed by atoms with van der Waals surface area (Å²) in [6.45, 7) is 0.509. The Morgan fingerprint density at radius 3 is 2.74 bits per heavy atom. The van der Waals surface area contributed by atoms with Crippen LogP contribution in [0.1, 0.15) is 29.8 Å². The minimum Gasteiger partial charge on any atom is -0.480 e. The third kappa shape index (κ3) is 2.25. The van der Waals surface area contributed by atoms with Crippen LogP contribution in [-0.2, 0) is 4.79 Å². The summed E-state index contributed by atoms with van der Waals surface area (Å²) in [5.41, 5.74) is 1.58. The lowest BCUT2D eigenvalue weighted by Gasteiger charge is -2.24. The van der Waals surface area contributed by atoms with Crippen molar-refractivity contribution in [3.8, 4) is 0 Å². The van der Waals surface area contributed by atoms with Crippen molar-refractivity contribution in [2.24, 2.45) is 11.8 Å². The quantitative estimate of drug-likeness (QED) is 0.916. The van der Waals surface area contributed by atoms with Gasteiger partial charge in [0.05, 0.1) is 17.2 Å². The Bertz CT molecular complexity index is 792. The number of carbonyl (C=O) groups is 2. The molecule has 1 aliphatic carbocycles. The Morgan fingerprint density at radius 2 is 1.96 bits per heavy atom. The fourth-order valence-electron chi connectivity index (χ4n) is 4.04. The van der Waals surface area contributed by atoms with Gasteiger partial charge in [-0.05, 0) is 36.8 Å². The SMILES string of the molecule is O=C(O)C1C2CCCC2CN1C(=O)c1cnc2ccccc2n1. The van der Waals surface area contributed by atoms with Gasteiger partial charge in [0, 0.05) is 6.54 Å². The number of para-hydroxylation sites is 2. The summed E-state index contributed by atoms with van der Waals surface area (Å²) >= 11 is 0. The number of aliphatic carboxylic acids is 1. The van der Waals surface area contributed by atoms with Crippen LogP contribution in [0, 0.1) is 11.8 Å². The van der Waals surface area contributed by atoms with Crippen LogP contribution in [0.2, 0.25) is 0 Å². The maximum absolute atomic E-state index is 12.8. The third-order valence-electron chi connectivity index (χ3n) is 5.07. The van der Waals surface area contributed by atoms with Crippen molar-refractivity contribution in [3.63, 3.8) is 0 Å². The molecule has 1 aliphatic heterocycles. The van der Waals surface area contributed by atoms with Crippen molar-refractivity contribution in [3.05, 3.63) is 36.2 Å². The van der Waals surface area contributed by atoms with Gasteiger partial charge in [0.1, 0.15) is 11.7 Å². The van der Waals surface area contributed by atoms with Crippen molar-refractivity contribution >= 4 is 22.9 Å². The van der Waals surface area contributed by atoms with E-state index in [-0.39, 0.29) is 17.5 Å². The predicted octanol–water partition coefficient (Wildman–Crippen LogP) is 1.96. The molecule has 23 heavy (non-hydrogen) atoms. The van der Waals surface area contributed by atoms with Gasteiger partial charge < -0.3 is 10.0 Å². The molecule has 6 nitrogen and oxygen atoms in total. The van der Waals surface area contributed by atoms with Crippen molar-refractivity contribution in [1.29, 1.82) is 0 Å². The van der Waals surface area contributed by atoms with E-state index in [1.165, 1.54) is 11.1 Å². The molecule has 2 aromatic rings. The van der Waals surface area contributed by atoms with Crippen LogP contribution in [0.5, 0.6) is 0 Å². The Hall–Kier alpha value is -2.50. The fraction of sp³-hybridized carbons (Fsp3) is 0.412. The smallest absolute Gasteiger partial charge is 0.326 e. The largest absolute Gasteiger partial charge is 0.480 e. The van der Waals surface area contributed by atoms with Crippen LogP contribution >= 0.6 is 0 Å². The number of aromatic nitrogens is 2. The van der Waals surface area contributed by atoms with E-state index >= 15 is 0 Å². The second kappa shape index (κ2) is 5.30. The van der Waals surface area contributed by atoms with E-state index in [1.54, 1.807) is 6.07 Å². The van der Waals surface area contributed by atoms with Crippen molar-refractivity contribution in [1.82, 2.24) is 14.9 Å². The monoisotopic (exact) mass is 311 g/mol. The zero-order valence-electron chi connectivity index (χ0n) is 12.6. The Labute approximate surface area is 133 Å². The normalized spacial score (nSPS) is 26.4. The highest BCUT2D eigenvalue weighted by Gasteiger charge is 2.49. The summed E-state index contributed by atoms with van der Waals surface area (Å²) in [6, 6.07) is 6.60. The van der Waals surface area contributed by atoms with Gasteiger partial charge in [-0.25, -0.2) is 9.78 Å². The number of carbonyl (C=O) groups excluding carboxylic acids is 1. The Morgan fingerprint density at radius 1 is 1.17 bits per heavy atom. The number of hydrogen-bond donors (Lipinski definition) is 1. The molecule has 118 valence electrons. The number of amides is 1. The molecule has 6 heteroatoms. The van der Waals surface area contributed by atoms with E-state index < -0.39 is 12.0 Å². The molecule has 1 aromatic heterocycles. The Kier molecular flexibility index (Phi) is 3.25. The van der Waals surface area contributed by atoms with Gasteiger partial charge in [-0.1, -0.05) is 18.6 Å². The molecule has 1 saturated carbocycles. The van der Waals surface area contributed by atoms with E-state index in [0.717, 1.165) is 24.8 Å². The van der Waals surface area contributed by atoms with E-state index in [4.69, 9.17) is 0 Å². The van der Waals surface area contributed by atoms with Gasteiger partial charge in [0.15, 0.2) is 0 Å². The number of carboxylic acid groups (broad SMARTS) is 1. The molecule has 0 bridgehead atoms. The van der Waals surface area contributed by atoms with E-state index in [2.05, 4.69) is 9.97 Å². The first kappa shape index (κ1) is 14.1. The molecule has 2 heterocycles. The highest BCUT2D eigenvalue weighted by atomic mass is 16.4. The highest BCUT2D eigenvalue weighted by molar-refractivity contribution is 5.96. The molecule has 1 N–H and O–H groups in total. The van der Waals surface area contributed by atoms with Gasteiger partial charge in [0.25, 0.3) is 5.91 Å². The molecule has 3 atom stereocenters.